The van der Waals surface area contributed by atoms with Crippen LogP contribution in [0.15, 0.2) is 71.6 Å². The van der Waals surface area contributed by atoms with E-state index in [9.17, 15) is 18.0 Å². The SMILES string of the molecule is CC(=O)Nc1ccc(S(=O)(=O)N(C)CC(=O)N(C)Cc2ccc3ccccc3c2)cc1. The minimum atomic E-state index is -3.84. The summed E-state index contributed by atoms with van der Waals surface area (Å²) in [6.45, 7) is 1.47. The molecule has 162 valence electrons. The molecule has 0 aliphatic heterocycles. The third kappa shape index (κ3) is 5.48. The lowest BCUT2D eigenvalue weighted by Crippen LogP contribution is -2.39. The highest BCUT2D eigenvalue weighted by Gasteiger charge is 2.24. The normalized spacial score (nSPS) is 11.5. The Bertz CT molecular complexity index is 1210. The van der Waals surface area contributed by atoms with E-state index < -0.39 is 10.0 Å². The molecule has 0 heterocycles. The van der Waals surface area contributed by atoms with Gasteiger partial charge in [-0.25, -0.2) is 8.42 Å². The topological polar surface area (TPSA) is 86.8 Å². The Morgan fingerprint density at radius 3 is 2.19 bits per heavy atom. The van der Waals surface area contributed by atoms with Crippen molar-refractivity contribution in [3.05, 3.63) is 72.3 Å². The Hall–Kier alpha value is -3.23. The van der Waals surface area contributed by atoms with Gasteiger partial charge in [-0.1, -0.05) is 36.4 Å². The molecule has 1 N–H and O–H groups in total. The Morgan fingerprint density at radius 2 is 1.55 bits per heavy atom. The van der Waals surface area contributed by atoms with Gasteiger partial charge >= 0.3 is 0 Å². The van der Waals surface area contributed by atoms with Crippen molar-refractivity contribution >= 4 is 38.3 Å². The monoisotopic (exact) mass is 439 g/mol. The number of likely N-dealkylation sites (N-methyl/N-ethyl adjacent to an activating group) is 2. The third-order valence-electron chi connectivity index (χ3n) is 4.90. The van der Waals surface area contributed by atoms with Gasteiger partial charge in [0.1, 0.15) is 0 Å². The summed E-state index contributed by atoms with van der Waals surface area (Å²) in [6, 6.07) is 19.8. The number of rotatable bonds is 7. The smallest absolute Gasteiger partial charge is 0.243 e. The van der Waals surface area contributed by atoms with Crippen LogP contribution in [0.2, 0.25) is 0 Å². The average molecular weight is 440 g/mol. The van der Waals surface area contributed by atoms with Gasteiger partial charge in [0, 0.05) is 33.3 Å². The summed E-state index contributed by atoms with van der Waals surface area (Å²) in [6.07, 6.45) is 0. The number of benzene rings is 3. The first-order chi connectivity index (χ1) is 14.7. The van der Waals surface area contributed by atoms with E-state index in [-0.39, 0.29) is 23.3 Å². The molecule has 7 nitrogen and oxygen atoms in total. The van der Waals surface area contributed by atoms with Gasteiger partial charge < -0.3 is 10.2 Å². The van der Waals surface area contributed by atoms with Crippen molar-refractivity contribution in [2.45, 2.75) is 18.4 Å². The van der Waals surface area contributed by atoms with Gasteiger partial charge in [0.25, 0.3) is 0 Å². The van der Waals surface area contributed by atoms with E-state index in [4.69, 9.17) is 0 Å². The number of hydrogen-bond acceptors (Lipinski definition) is 4. The van der Waals surface area contributed by atoms with Crippen LogP contribution in [-0.4, -0.2) is 50.1 Å². The van der Waals surface area contributed by atoms with Gasteiger partial charge in [-0.05, 0) is 46.7 Å². The van der Waals surface area contributed by atoms with Crippen molar-refractivity contribution in [3.63, 3.8) is 0 Å². The molecule has 0 aliphatic carbocycles. The molecule has 0 saturated heterocycles. The fourth-order valence-electron chi connectivity index (χ4n) is 3.19. The Kier molecular flexibility index (Phi) is 6.72. The molecule has 3 aromatic carbocycles. The lowest BCUT2D eigenvalue weighted by Gasteiger charge is -2.22. The lowest BCUT2D eigenvalue weighted by atomic mass is 10.1. The van der Waals surface area contributed by atoms with Crippen LogP contribution >= 0.6 is 0 Å². The molecule has 0 bridgehead atoms. The molecule has 0 fully saturated rings. The predicted octanol–water partition coefficient (Wildman–Crippen LogP) is 3.08. The second-order valence-corrected chi connectivity index (χ2v) is 9.44. The Morgan fingerprint density at radius 1 is 0.903 bits per heavy atom. The maximum Gasteiger partial charge on any atom is 0.243 e. The lowest BCUT2D eigenvalue weighted by molar-refractivity contribution is -0.130. The zero-order valence-electron chi connectivity index (χ0n) is 17.7. The van der Waals surface area contributed by atoms with E-state index in [1.54, 1.807) is 7.05 Å². The van der Waals surface area contributed by atoms with E-state index >= 15 is 0 Å². The number of amides is 2. The quantitative estimate of drug-likeness (QED) is 0.613. The molecule has 0 unspecified atom stereocenters. The predicted molar refractivity (Wildman–Crippen MR) is 121 cm³/mol. The second-order valence-electron chi connectivity index (χ2n) is 7.40. The van der Waals surface area contributed by atoms with E-state index in [0.29, 0.717) is 12.2 Å². The molecule has 2 amide bonds. The third-order valence-corrected chi connectivity index (χ3v) is 6.72. The fraction of sp³-hybridized carbons (Fsp3) is 0.217. The number of carbonyl (C=O) groups excluding carboxylic acids is 2. The highest BCUT2D eigenvalue weighted by Crippen LogP contribution is 2.19. The summed E-state index contributed by atoms with van der Waals surface area (Å²) >= 11 is 0. The minimum Gasteiger partial charge on any atom is -0.340 e. The van der Waals surface area contributed by atoms with Crippen molar-refractivity contribution in [2.24, 2.45) is 0 Å². The number of hydrogen-bond donors (Lipinski definition) is 1. The first-order valence-electron chi connectivity index (χ1n) is 9.72. The average Bonchev–Trinajstić information content (AvgIpc) is 2.73. The molecular formula is C23H25N3O4S. The van der Waals surface area contributed by atoms with Gasteiger partial charge in [-0.15, -0.1) is 0 Å². The standard InChI is InChI=1S/C23H25N3O4S/c1-17(27)24-21-10-12-22(13-11-21)31(29,30)26(3)16-23(28)25(2)15-18-8-9-19-6-4-5-7-20(19)14-18/h4-14H,15-16H2,1-3H3,(H,24,27). The fourth-order valence-corrected chi connectivity index (χ4v) is 4.31. The minimum absolute atomic E-state index is 0.0501. The number of anilines is 1. The van der Waals surface area contributed by atoms with E-state index in [0.717, 1.165) is 20.6 Å². The largest absolute Gasteiger partial charge is 0.340 e. The summed E-state index contributed by atoms with van der Waals surface area (Å²) in [7, 11) is -0.815. The van der Waals surface area contributed by atoms with Crippen LogP contribution in [0.5, 0.6) is 0 Å². The van der Waals surface area contributed by atoms with Crippen molar-refractivity contribution in [1.82, 2.24) is 9.21 Å². The van der Waals surface area contributed by atoms with Gasteiger partial charge in [-0.2, -0.15) is 4.31 Å². The number of nitrogens with one attached hydrogen (secondary N) is 1. The molecule has 0 atom stereocenters. The second kappa shape index (κ2) is 9.28. The highest BCUT2D eigenvalue weighted by molar-refractivity contribution is 7.89. The van der Waals surface area contributed by atoms with Gasteiger partial charge in [0.15, 0.2) is 0 Å². The highest BCUT2D eigenvalue weighted by atomic mass is 32.2. The van der Waals surface area contributed by atoms with Crippen LogP contribution in [0, 0.1) is 0 Å². The zero-order valence-corrected chi connectivity index (χ0v) is 18.5. The van der Waals surface area contributed by atoms with E-state index in [1.165, 1.54) is 43.1 Å². The molecular weight excluding hydrogens is 414 g/mol. The van der Waals surface area contributed by atoms with Crippen molar-refractivity contribution in [2.75, 3.05) is 26.0 Å². The van der Waals surface area contributed by atoms with Crippen LogP contribution in [0.3, 0.4) is 0 Å². The molecule has 3 aromatic rings. The summed E-state index contributed by atoms with van der Waals surface area (Å²) in [5.74, 6) is -0.554. The first-order valence-corrected chi connectivity index (χ1v) is 11.2. The van der Waals surface area contributed by atoms with Crippen molar-refractivity contribution in [1.29, 1.82) is 0 Å². The van der Waals surface area contributed by atoms with Crippen LogP contribution in [0.25, 0.3) is 10.8 Å². The molecule has 0 aliphatic rings. The van der Waals surface area contributed by atoms with E-state index in [1.807, 2.05) is 42.5 Å². The van der Waals surface area contributed by atoms with Crippen LogP contribution in [0.4, 0.5) is 5.69 Å². The number of sulfonamides is 1. The van der Waals surface area contributed by atoms with Gasteiger partial charge in [0.2, 0.25) is 21.8 Å². The molecule has 0 aromatic heterocycles. The summed E-state index contributed by atoms with van der Waals surface area (Å²) in [5.41, 5.74) is 1.47. The summed E-state index contributed by atoms with van der Waals surface area (Å²) in [5, 5.41) is 4.79. The Labute approximate surface area is 182 Å². The maximum atomic E-state index is 12.8. The number of nitrogens with zero attached hydrogens (tertiary/aromatic N) is 2. The molecule has 31 heavy (non-hydrogen) atoms. The molecule has 3 rings (SSSR count). The van der Waals surface area contributed by atoms with Crippen molar-refractivity contribution in [3.8, 4) is 0 Å². The zero-order chi connectivity index (χ0) is 22.6. The number of fused-ring (bicyclic) bond motifs is 1. The molecule has 0 radical (unpaired) electrons. The summed E-state index contributed by atoms with van der Waals surface area (Å²) in [4.78, 5) is 25.3. The maximum absolute atomic E-state index is 12.8. The van der Waals surface area contributed by atoms with Crippen LogP contribution in [-0.2, 0) is 26.2 Å². The Balaban J connectivity index is 1.65. The molecule has 0 spiro atoms. The van der Waals surface area contributed by atoms with Crippen LogP contribution < -0.4 is 5.32 Å². The van der Waals surface area contributed by atoms with Crippen molar-refractivity contribution < 1.29 is 18.0 Å². The van der Waals surface area contributed by atoms with Gasteiger partial charge in [-0.3, -0.25) is 9.59 Å². The van der Waals surface area contributed by atoms with Gasteiger partial charge in [0.05, 0.1) is 11.4 Å². The first kappa shape index (κ1) is 22.5. The molecule has 0 saturated carbocycles. The number of carbonyl (C=O) groups is 2. The molecule has 8 heteroatoms. The summed E-state index contributed by atoms with van der Waals surface area (Å²) < 4.78 is 26.6. The van der Waals surface area contributed by atoms with Crippen LogP contribution in [0.1, 0.15) is 12.5 Å². The van der Waals surface area contributed by atoms with E-state index in [2.05, 4.69) is 5.32 Å².